The van der Waals surface area contributed by atoms with Gasteiger partial charge < -0.3 is 14.7 Å². The maximum absolute atomic E-state index is 12.1. The van der Waals surface area contributed by atoms with E-state index in [2.05, 4.69) is 0 Å². The first-order valence-electron chi connectivity index (χ1n) is 6.07. The summed E-state index contributed by atoms with van der Waals surface area (Å²) < 4.78 is 4.99. The van der Waals surface area contributed by atoms with Gasteiger partial charge in [-0.2, -0.15) is 0 Å². The van der Waals surface area contributed by atoms with Crippen LogP contribution in [0.5, 0.6) is 0 Å². The van der Waals surface area contributed by atoms with Crippen molar-refractivity contribution in [2.75, 3.05) is 13.7 Å². The molecule has 1 aliphatic rings. The van der Waals surface area contributed by atoms with Crippen molar-refractivity contribution < 1.29 is 19.4 Å². The highest BCUT2D eigenvalue weighted by Crippen LogP contribution is 2.34. The van der Waals surface area contributed by atoms with E-state index in [9.17, 15) is 14.7 Å². The van der Waals surface area contributed by atoms with Crippen LogP contribution in [0, 0.1) is 0 Å². The number of aliphatic carboxylic acids is 1. The molecule has 17 heavy (non-hydrogen) atoms. The molecule has 1 rings (SSSR count). The van der Waals surface area contributed by atoms with Crippen molar-refractivity contribution in [1.29, 1.82) is 0 Å². The molecular formula is C12H21NO4. The van der Waals surface area contributed by atoms with Gasteiger partial charge in [-0.25, -0.2) is 4.79 Å². The Hall–Kier alpha value is -1.10. The highest BCUT2D eigenvalue weighted by Gasteiger charge is 2.49. The number of nitrogens with zero attached hydrogens (tertiary/aromatic N) is 1. The molecule has 0 radical (unpaired) electrons. The normalized spacial score (nSPS) is 25.9. The smallest absolute Gasteiger partial charge is 0.329 e. The van der Waals surface area contributed by atoms with E-state index in [1.54, 1.807) is 6.92 Å². The lowest BCUT2D eigenvalue weighted by atomic mass is 9.90. The number of carboxylic acid groups (broad SMARTS) is 1. The van der Waals surface area contributed by atoms with Crippen molar-refractivity contribution in [3.8, 4) is 0 Å². The SMILES string of the molecule is CCCC1(C(=O)O)CCCN1C(=O)C(C)OC. The molecule has 2 unspecified atom stereocenters. The average Bonchev–Trinajstić information content (AvgIpc) is 2.72. The fraction of sp³-hybridized carbons (Fsp3) is 0.833. The summed E-state index contributed by atoms with van der Waals surface area (Å²) in [6.07, 6.45) is 1.96. The molecule has 5 nitrogen and oxygen atoms in total. The van der Waals surface area contributed by atoms with E-state index in [-0.39, 0.29) is 5.91 Å². The standard InChI is InChI=1S/C12H21NO4/c1-4-6-12(11(15)16)7-5-8-13(12)10(14)9(2)17-3/h9H,4-8H2,1-3H3,(H,15,16). The van der Waals surface area contributed by atoms with Crippen LogP contribution in [0.2, 0.25) is 0 Å². The van der Waals surface area contributed by atoms with Gasteiger partial charge in [0.2, 0.25) is 0 Å². The molecule has 1 amide bonds. The zero-order valence-electron chi connectivity index (χ0n) is 10.7. The molecule has 5 heteroatoms. The lowest BCUT2D eigenvalue weighted by molar-refractivity contribution is -0.161. The molecule has 0 aromatic heterocycles. The molecule has 0 saturated carbocycles. The van der Waals surface area contributed by atoms with E-state index in [0.29, 0.717) is 19.4 Å². The monoisotopic (exact) mass is 243 g/mol. The Kier molecular flexibility index (Phi) is 4.51. The minimum atomic E-state index is -1.02. The number of carbonyl (C=O) groups excluding carboxylic acids is 1. The molecule has 98 valence electrons. The Bertz CT molecular complexity index is 305. The lowest BCUT2D eigenvalue weighted by Crippen LogP contribution is -2.55. The highest BCUT2D eigenvalue weighted by atomic mass is 16.5. The number of carbonyl (C=O) groups is 2. The van der Waals surface area contributed by atoms with Crippen LogP contribution in [0.4, 0.5) is 0 Å². The van der Waals surface area contributed by atoms with Gasteiger partial charge in [-0.05, 0) is 26.2 Å². The first-order valence-corrected chi connectivity index (χ1v) is 6.07. The highest BCUT2D eigenvalue weighted by molar-refractivity contribution is 5.89. The molecule has 1 fully saturated rings. The third kappa shape index (κ3) is 2.44. The second-order valence-corrected chi connectivity index (χ2v) is 4.56. The number of hydrogen-bond donors (Lipinski definition) is 1. The number of hydrogen-bond acceptors (Lipinski definition) is 3. The zero-order chi connectivity index (χ0) is 13.1. The molecule has 0 aromatic carbocycles. The third-order valence-electron chi connectivity index (χ3n) is 3.52. The predicted octanol–water partition coefficient (Wildman–Crippen LogP) is 1.27. The van der Waals surface area contributed by atoms with E-state index >= 15 is 0 Å². The van der Waals surface area contributed by atoms with Crippen LogP contribution in [0.25, 0.3) is 0 Å². The largest absolute Gasteiger partial charge is 0.479 e. The lowest BCUT2D eigenvalue weighted by Gasteiger charge is -2.35. The van der Waals surface area contributed by atoms with Gasteiger partial charge >= 0.3 is 5.97 Å². The summed E-state index contributed by atoms with van der Waals surface area (Å²) >= 11 is 0. The Morgan fingerprint density at radius 2 is 2.18 bits per heavy atom. The van der Waals surface area contributed by atoms with Crippen LogP contribution in [-0.2, 0) is 14.3 Å². The Morgan fingerprint density at radius 1 is 1.53 bits per heavy atom. The van der Waals surface area contributed by atoms with Gasteiger partial charge in [0.25, 0.3) is 5.91 Å². The summed E-state index contributed by atoms with van der Waals surface area (Å²) in [6.45, 7) is 4.10. The van der Waals surface area contributed by atoms with Crippen LogP contribution in [-0.4, -0.2) is 47.2 Å². The van der Waals surface area contributed by atoms with Gasteiger partial charge in [0.05, 0.1) is 0 Å². The second kappa shape index (κ2) is 5.49. The maximum Gasteiger partial charge on any atom is 0.329 e. The maximum atomic E-state index is 12.1. The molecule has 0 aromatic rings. The third-order valence-corrected chi connectivity index (χ3v) is 3.52. The van der Waals surface area contributed by atoms with Crippen molar-refractivity contribution in [2.45, 2.75) is 51.2 Å². The Labute approximate surface area is 102 Å². The molecule has 1 aliphatic heterocycles. The number of likely N-dealkylation sites (tertiary alicyclic amines) is 1. The summed E-state index contributed by atoms with van der Waals surface area (Å²) in [4.78, 5) is 25.1. The fourth-order valence-corrected chi connectivity index (χ4v) is 2.52. The van der Waals surface area contributed by atoms with Crippen molar-refractivity contribution in [1.82, 2.24) is 4.90 Å². The minimum absolute atomic E-state index is 0.221. The number of ether oxygens (including phenoxy) is 1. The molecule has 1 saturated heterocycles. The van der Waals surface area contributed by atoms with Crippen LogP contribution >= 0.6 is 0 Å². The first-order chi connectivity index (χ1) is 7.99. The quantitative estimate of drug-likeness (QED) is 0.789. The van der Waals surface area contributed by atoms with Crippen molar-refractivity contribution in [2.24, 2.45) is 0 Å². The molecule has 1 heterocycles. The first kappa shape index (κ1) is 14.0. The van der Waals surface area contributed by atoms with Gasteiger partial charge in [0, 0.05) is 13.7 Å². The summed E-state index contributed by atoms with van der Waals surface area (Å²) in [7, 11) is 1.46. The van der Waals surface area contributed by atoms with E-state index in [1.807, 2.05) is 6.92 Å². The van der Waals surface area contributed by atoms with E-state index < -0.39 is 17.6 Å². The van der Waals surface area contributed by atoms with Gasteiger partial charge in [-0.15, -0.1) is 0 Å². The van der Waals surface area contributed by atoms with E-state index in [4.69, 9.17) is 4.74 Å². The summed E-state index contributed by atoms with van der Waals surface area (Å²) in [5, 5.41) is 9.43. The molecule has 2 atom stereocenters. The Morgan fingerprint density at radius 3 is 2.65 bits per heavy atom. The molecular weight excluding hydrogens is 222 g/mol. The second-order valence-electron chi connectivity index (χ2n) is 4.56. The predicted molar refractivity (Wildman–Crippen MR) is 62.7 cm³/mol. The molecule has 0 bridgehead atoms. The van der Waals surface area contributed by atoms with Crippen LogP contribution < -0.4 is 0 Å². The number of rotatable bonds is 5. The van der Waals surface area contributed by atoms with Crippen molar-refractivity contribution in [3.63, 3.8) is 0 Å². The van der Waals surface area contributed by atoms with E-state index in [1.165, 1.54) is 12.0 Å². The topological polar surface area (TPSA) is 66.8 Å². The van der Waals surface area contributed by atoms with Gasteiger partial charge in [-0.1, -0.05) is 13.3 Å². The van der Waals surface area contributed by atoms with Crippen molar-refractivity contribution in [3.05, 3.63) is 0 Å². The van der Waals surface area contributed by atoms with Gasteiger partial charge in [0.1, 0.15) is 11.6 Å². The molecule has 0 aliphatic carbocycles. The number of amides is 1. The van der Waals surface area contributed by atoms with Gasteiger partial charge in [0.15, 0.2) is 0 Å². The molecule has 1 N–H and O–H groups in total. The fourth-order valence-electron chi connectivity index (χ4n) is 2.52. The number of carboxylic acids is 1. The van der Waals surface area contributed by atoms with Gasteiger partial charge in [-0.3, -0.25) is 4.79 Å². The van der Waals surface area contributed by atoms with E-state index in [0.717, 1.165) is 12.8 Å². The van der Waals surface area contributed by atoms with Crippen LogP contribution in [0.15, 0.2) is 0 Å². The average molecular weight is 243 g/mol. The summed E-state index contributed by atoms with van der Waals surface area (Å²) in [5.41, 5.74) is -1.02. The minimum Gasteiger partial charge on any atom is -0.479 e. The Balaban J connectivity index is 2.96. The summed E-state index contributed by atoms with van der Waals surface area (Å²) in [6, 6.07) is 0. The zero-order valence-corrected chi connectivity index (χ0v) is 10.7. The number of methoxy groups -OCH3 is 1. The van der Waals surface area contributed by atoms with Crippen LogP contribution in [0.3, 0.4) is 0 Å². The van der Waals surface area contributed by atoms with Crippen LogP contribution in [0.1, 0.15) is 39.5 Å². The van der Waals surface area contributed by atoms with Crippen molar-refractivity contribution >= 4 is 11.9 Å². The molecule has 0 spiro atoms. The summed E-state index contributed by atoms with van der Waals surface area (Å²) in [5.74, 6) is -1.12.